The third kappa shape index (κ3) is 2.34. The second-order valence-electron chi connectivity index (χ2n) is 2.98. The average molecular weight is 238 g/mol. The molecule has 0 aliphatic carbocycles. The van der Waals surface area contributed by atoms with Gasteiger partial charge in [0.15, 0.2) is 0 Å². The van der Waals surface area contributed by atoms with Crippen LogP contribution < -0.4 is 5.32 Å². The van der Waals surface area contributed by atoms with E-state index >= 15 is 0 Å². The van der Waals surface area contributed by atoms with Gasteiger partial charge in [0, 0.05) is 5.69 Å². The molecule has 0 bridgehead atoms. The van der Waals surface area contributed by atoms with Crippen LogP contribution in [0, 0.1) is 0 Å². The lowest BCUT2D eigenvalue weighted by Crippen LogP contribution is -2.12. The van der Waals surface area contributed by atoms with Crippen LogP contribution in [-0.4, -0.2) is 32.0 Å². The number of anilines is 1. The maximum atomic E-state index is 11.0. The minimum Gasteiger partial charge on any atom is -0.325 e. The molecule has 0 spiro atoms. The third-order valence-electron chi connectivity index (χ3n) is 1.89. The number of benzene rings is 1. The quantitative estimate of drug-likeness (QED) is 0.803. The fourth-order valence-electron chi connectivity index (χ4n) is 1.17. The number of nitrogens with zero attached hydrogens (tertiary/aromatic N) is 4. The standard InChI is InChI=1S/C9H8ClN5O/c10-5-9(16)12-7-1-3-8(4-2-7)15-6-11-13-14-15/h1-4,6H,5H2,(H,12,16). The lowest BCUT2D eigenvalue weighted by molar-refractivity contribution is -0.113. The summed E-state index contributed by atoms with van der Waals surface area (Å²) in [5, 5.41) is 13.4. The highest BCUT2D eigenvalue weighted by Gasteiger charge is 2.01. The second-order valence-corrected chi connectivity index (χ2v) is 3.25. The number of hydrogen-bond acceptors (Lipinski definition) is 4. The monoisotopic (exact) mass is 237 g/mol. The first kappa shape index (κ1) is 10.6. The molecule has 0 saturated carbocycles. The number of hydrogen-bond donors (Lipinski definition) is 1. The summed E-state index contributed by atoms with van der Waals surface area (Å²) in [7, 11) is 0. The number of aromatic nitrogens is 4. The topological polar surface area (TPSA) is 72.7 Å². The molecule has 16 heavy (non-hydrogen) atoms. The first-order valence-electron chi connectivity index (χ1n) is 4.49. The molecule has 0 fully saturated rings. The highest BCUT2D eigenvalue weighted by Crippen LogP contribution is 2.11. The van der Waals surface area contributed by atoms with Crippen LogP contribution in [0.1, 0.15) is 0 Å². The minimum absolute atomic E-state index is 0.0608. The van der Waals surface area contributed by atoms with Gasteiger partial charge in [-0.15, -0.1) is 16.7 Å². The minimum atomic E-state index is -0.239. The van der Waals surface area contributed by atoms with Crippen LogP contribution in [0.3, 0.4) is 0 Å². The van der Waals surface area contributed by atoms with E-state index in [2.05, 4.69) is 20.8 Å². The maximum Gasteiger partial charge on any atom is 0.239 e. The van der Waals surface area contributed by atoms with E-state index < -0.39 is 0 Å². The van der Waals surface area contributed by atoms with Gasteiger partial charge in [-0.1, -0.05) is 0 Å². The summed E-state index contributed by atoms with van der Waals surface area (Å²) in [6.07, 6.45) is 1.49. The van der Waals surface area contributed by atoms with Crippen molar-refractivity contribution in [2.45, 2.75) is 0 Å². The highest BCUT2D eigenvalue weighted by molar-refractivity contribution is 6.29. The average Bonchev–Trinajstić information content (AvgIpc) is 2.83. The van der Waals surface area contributed by atoms with Gasteiger partial charge in [-0.25, -0.2) is 4.68 Å². The van der Waals surface area contributed by atoms with Crippen LogP contribution in [-0.2, 0) is 4.79 Å². The van der Waals surface area contributed by atoms with Crippen molar-refractivity contribution in [2.75, 3.05) is 11.2 Å². The van der Waals surface area contributed by atoms with Crippen molar-refractivity contribution in [1.82, 2.24) is 20.2 Å². The first-order valence-corrected chi connectivity index (χ1v) is 5.02. The molecule has 1 aromatic heterocycles. The first-order chi connectivity index (χ1) is 7.79. The van der Waals surface area contributed by atoms with E-state index in [1.807, 2.05) is 0 Å². The summed E-state index contributed by atoms with van der Waals surface area (Å²) in [5.41, 5.74) is 1.50. The molecule has 2 rings (SSSR count). The van der Waals surface area contributed by atoms with Crippen molar-refractivity contribution >= 4 is 23.2 Å². The van der Waals surface area contributed by atoms with Crippen molar-refractivity contribution in [3.05, 3.63) is 30.6 Å². The van der Waals surface area contributed by atoms with Gasteiger partial charge in [0.25, 0.3) is 0 Å². The molecule has 0 aliphatic heterocycles. The summed E-state index contributed by atoms with van der Waals surface area (Å²) in [4.78, 5) is 11.0. The summed E-state index contributed by atoms with van der Waals surface area (Å²) in [5.74, 6) is -0.300. The largest absolute Gasteiger partial charge is 0.325 e. The molecule has 7 heteroatoms. The Bertz CT molecular complexity index is 467. The predicted molar refractivity (Wildman–Crippen MR) is 58.5 cm³/mol. The van der Waals surface area contributed by atoms with Crippen molar-refractivity contribution in [3.8, 4) is 5.69 Å². The molecule has 1 amide bonds. The summed E-state index contributed by atoms with van der Waals surface area (Å²) in [6.45, 7) is 0. The Morgan fingerprint density at radius 1 is 1.38 bits per heavy atom. The molecule has 82 valence electrons. The van der Waals surface area contributed by atoms with Gasteiger partial charge in [-0.05, 0) is 34.7 Å². The van der Waals surface area contributed by atoms with E-state index in [4.69, 9.17) is 11.6 Å². The summed E-state index contributed by atoms with van der Waals surface area (Å²) < 4.78 is 1.52. The smallest absolute Gasteiger partial charge is 0.239 e. The van der Waals surface area contributed by atoms with E-state index in [1.165, 1.54) is 11.0 Å². The number of carbonyl (C=O) groups excluding carboxylic acids is 1. The van der Waals surface area contributed by atoms with Crippen molar-refractivity contribution < 1.29 is 4.79 Å². The van der Waals surface area contributed by atoms with Gasteiger partial charge in [0.05, 0.1) is 5.69 Å². The van der Waals surface area contributed by atoms with Crippen molar-refractivity contribution in [2.24, 2.45) is 0 Å². The molecule has 1 heterocycles. The molecule has 6 nitrogen and oxygen atoms in total. The molecule has 0 aliphatic rings. The van der Waals surface area contributed by atoms with Gasteiger partial charge < -0.3 is 5.32 Å². The number of rotatable bonds is 3. The van der Waals surface area contributed by atoms with Crippen molar-refractivity contribution in [3.63, 3.8) is 0 Å². The van der Waals surface area contributed by atoms with Crippen LogP contribution in [0.5, 0.6) is 0 Å². The van der Waals surface area contributed by atoms with Gasteiger partial charge in [0.2, 0.25) is 5.91 Å². The number of amides is 1. The number of alkyl halides is 1. The molecule has 0 atom stereocenters. The number of tetrazole rings is 1. The molecular formula is C9H8ClN5O. The number of carbonyl (C=O) groups is 1. The Kier molecular flexibility index (Phi) is 3.11. The zero-order valence-corrected chi connectivity index (χ0v) is 8.92. The molecule has 0 unspecified atom stereocenters. The van der Waals surface area contributed by atoms with Gasteiger partial charge >= 0.3 is 0 Å². The Morgan fingerprint density at radius 3 is 2.69 bits per heavy atom. The predicted octanol–water partition coefficient (Wildman–Crippen LogP) is 0.840. The van der Waals surface area contributed by atoms with Crippen LogP contribution in [0.15, 0.2) is 30.6 Å². The van der Waals surface area contributed by atoms with E-state index in [0.29, 0.717) is 5.69 Å². The van der Waals surface area contributed by atoms with Crippen LogP contribution in [0.2, 0.25) is 0 Å². The molecule has 1 aromatic carbocycles. The molecule has 0 radical (unpaired) electrons. The molecule has 1 N–H and O–H groups in total. The van der Waals surface area contributed by atoms with Gasteiger partial charge in [0.1, 0.15) is 12.2 Å². The Hall–Kier alpha value is -1.95. The Labute approximate surface area is 96.2 Å². The molecule has 2 aromatic rings. The normalized spacial score (nSPS) is 10.1. The highest BCUT2D eigenvalue weighted by atomic mass is 35.5. The Morgan fingerprint density at radius 2 is 2.12 bits per heavy atom. The van der Waals surface area contributed by atoms with Crippen LogP contribution >= 0.6 is 11.6 Å². The second kappa shape index (κ2) is 4.71. The fraction of sp³-hybridized carbons (Fsp3) is 0.111. The van der Waals surface area contributed by atoms with Crippen LogP contribution in [0.4, 0.5) is 5.69 Å². The molecular weight excluding hydrogens is 230 g/mol. The zero-order valence-electron chi connectivity index (χ0n) is 8.17. The van der Waals surface area contributed by atoms with Crippen molar-refractivity contribution in [1.29, 1.82) is 0 Å². The summed E-state index contributed by atoms with van der Waals surface area (Å²) in [6, 6.07) is 7.09. The Balaban J connectivity index is 2.14. The fourth-order valence-corrected chi connectivity index (χ4v) is 1.24. The number of nitrogens with one attached hydrogen (secondary N) is 1. The summed E-state index contributed by atoms with van der Waals surface area (Å²) >= 11 is 5.37. The van der Waals surface area contributed by atoms with E-state index in [1.54, 1.807) is 24.3 Å². The van der Waals surface area contributed by atoms with Gasteiger partial charge in [-0.2, -0.15) is 0 Å². The van der Waals surface area contributed by atoms with Gasteiger partial charge in [-0.3, -0.25) is 4.79 Å². The lowest BCUT2D eigenvalue weighted by atomic mass is 10.3. The number of halogens is 1. The lowest BCUT2D eigenvalue weighted by Gasteiger charge is -2.04. The van der Waals surface area contributed by atoms with Crippen LogP contribution in [0.25, 0.3) is 5.69 Å². The van der Waals surface area contributed by atoms with E-state index in [-0.39, 0.29) is 11.8 Å². The maximum absolute atomic E-state index is 11.0. The third-order valence-corrected chi connectivity index (χ3v) is 2.13. The molecule has 0 saturated heterocycles. The van der Waals surface area contributed by atoms with E-state index in [0.717, 1.165) is 5.69 Å². The van der Waals surface area contributed by atoms with E-state index in [9.17, 15) is 4.79 Å². The SMILES string of the molecule is O=C(CCl)Nc1ccc(-n2cnnn2)cc1. The zero-order chi connectivity index (χ0) is 11.4.